The van der Waals surface area contributed by atoms with E-state index in [9.17, 15) is 19.2 Å². The normalized spacial score (nSPS) is 10.5. The van der Waals surface area contributed by atoms with Gasteiger partial charge in [-0.05, 0) is 6.92 Å². The Hall–Kier alpha value is -4.83. The van der Waals surface area contributed by atoms with E-state index in [1.807, 2.05) is 12.1 Å². The molecule has 0 saturated carbocycles. The molecule has 0 aliphatic carbocycles. The van der Waals surface area contributed by atoms with E-state index in [-0.39, 0.29) is 34.0 Å². The summed E-state index contributed by atoms with van der Waals surface area (Å²) in [6, 6.07) is 13.5. The summed E-state index contributed by atoms with van der Waals surface area (Å²) >= 11 is 0. The van der Waals surface area contributed by atoms with Crippen molar-refractivity contribution in [2.45, 2.75) is 6.92 Å². The summed E-state index contributed by atoms with van der Waals surface area (Å²) in [6.07, 6.45) is 0.845. The number of anilines is 1. The van der Waals surface area contributed by atoms with Crippen molar-refractivity contribution in [2.75, 3.05) is 5.32 Å². The van der Waals surface area contributed by atoms with Crippen molar-refractivity contribution in [3.8, 4) is 23.4 Å². The molecule has 2 N–H and O–H groups in total. The summed E-state index contributed by atoms with van der Waals surface area (Å²) in [5.74, 6) is -1.62. The average molecular weight is 413 g/mol. The fourth-order valence-electron chi connectivity index (χ4n) is 3.21. The Morgan fingerprint density at radius 3 is 2.58 bits per heavy atom. The Labute approximate surface area is 174 Å². The van der Waals surface area contributed by atoms with Gasteiger partial charge in [0.25, 0.3) is 5.91 Å². The summed E-state index contributed by atoms with van der Waals surface area (Å²) < 4.78 is 14.9. The van der Waals surface area contributed by atoms with Crippen LogP contribution in [0, 0.1) is 35.4 Å². The molecule has 3 aromatic heterocycles. The number of nitriles is 2. The zero-order valence-corrected chi connectivity index (χ0v) is 16.0. The second kappa shape index (κ2) is 7.54. The van der Waals surface area contributed by atoms with Gasteiger partial charge in [-0.1, -0.05) is 30.3 Å². The highest BCUT2D eigenvalue weighted by molar-refractivity contribution is 6.06. The number of nitrogens with zero attached hydrogens (tertiary/aromatic N) is 5. The second-order valence-corrected chi connectivity index (χ2v) is 6.50. The van der Waals surface area contributed by atoms with Crippen molar-refractivity contribution in [3.05, 3.63) is 81.3 Å². The number of imidazole rings is 1. The van der Waals surface area contributed by atoms with Crippen molar-refractivity contribution in [1.82, 2.24) is 19.6 Å². The molecule has 0 atom stereocenters. The number of amides is 1. The number of carbonyl (C=O) groups excluding carboxylic acids is 1. The van der Waals surface area contributed by atoms with E-state index in [1.54, 1.807) is 30.3 Å². The summed E-state index contributed by atoms with van der Waals surface area (Å²) in [5.41, 5.74) is -0.292. The van der Waals surface area contributed by atoms with Gasteiger partial charge in [0.05, 0.1) is 11.9 Å². The summed E-state index contributed by atoms with van der Waals surface area (Å²) in [4.78, 5) is 33.6. The maximum Gasteiger partial charge on any atom is 0.261 e. The fourth-order valence-corrected chi connectivity index (χ4v) is 3.21. The van der Waals surface area contributed by atoms with Gasteiger partial charge in [0.15, 0.2) is 11.4 Å². The van der Waals surface area contributed by atoms with Gasteiger partial charge in [-0.25, -0.2) is 18.9 Å². The van der Waals surface area contributed by atoms with Gasteiger partial charge in [-0.3, -0.25) is 14.7 Å². The third-order valence-corrected chi connectivity index (χ3v) is 4.55. The lowest BCUT2D eigenvalue weighted by Crippen LogP contribution is -2.26. The fraction of sp³-hybridized carbons (Fsp3) is 0.0476. The van der Waals surface area contributed by atoms with Crippen LogP contribution < -0.4 is 10.7 Å². The quantitative estimate of drug-likeness (QED) is 0.529. The molecule has 0 bridgehead atoms. The van der Waals surface area contributed by atoms with Gasteiger partial charge in [0.2, 0.25) is 11.1 Å². The van der Waals surface area contributed by atoms with Gasteiger partial charge in [-0.2, -0.15) is 10.5 Å². The highest BCUT2D eigenvalue weighted by Gasteiger charge is 2.23. The molecule has 150 valence electrons. The molecule has 3 heterocycles. The zero-order chi connectivity index (χ0) is 22.1. The molecule has 0 spiro atoms. The third-order valence-electron chi connectivity index (χ3n) is 4.55. The minimum atomic E-state index is -0.868. The minimum absolute atomic E-state index is 0.0117. The van der Waals surface area contributed by atoms with Gasteiger partial charge in [0, 0.05) is 17.3 Å². The Morgan fingerprint density at radius 1 is 1.19 bits per heavy atom. The molecule has 31 heavy (non-hydrogen) atoms. The van der Waals surface area contributed by atoms with Crippen molar-refractivity contribution in [1.29, 1.82) is 10.5 Å². The first-order valence-corrected chi connectivity index (χ1v) is 8.92. The first-order chi connectivity index (χ1) is 14.9. The Kier molecular flexibility index (Phi) is 4.74. The Morgan fingerprint density at radius 2 is 1.90 bits per heavy atom. The summed E-state index contributed by atoms with van der Waals surface area (Å²) in [7, 11) is 0. The zero-order valence-electron chi connectivity index (χ0n) is 16.0. The molecule has 0 fully saturated rings. The molecule has 0 radical (unpaired) electrons. The average Bonchev–Trinajstić information content (AvgIpc) is 3.13. The van der Waals surface area contributed by atoms with Crippen molar-refractivity contribution < 1.29 is 9.18 Å². The summed E-state index contributed by atoms with van der Waals surface area (Å²) in [5, 5.41) is 23.9. The second-order valence-electron chi connectivity index (χ2n) is 6.50. The van der Waals surface area contributed by atoms with E-state index < -0.39 is 17.2 Å². The number of fused-ring (bicyclic) bond motifs is 1. The lowest BCUT2D eigenvalue weighted by molar-refractivity contribution is 0.102. The first-order valence-electron chi connectivity index (χ1n) is 8.92. The van der Waals surface area contributed by atoms with E-state index >= 15 is 0 Å². The first kappa shape index (κ1) is 19.5. The van der Waals surface area contributed by atoms with Gasteiger partial charge >= 0.3 is 0 Å². The number of halogens is 1. The largest absolute Gasteiger partial charge is 0.319 e. The number of hydrogen-bond donors (Lipinski definition) is 2. The molecule has 0 aliphatic heterocycles. The van der Waals surface area contributed by atoms with Crippen LogP contribution in [-0.4, -0.2) is 25.5 Å². The number of H-pyrrole nitrogens is 1. The minimum Gasteiger partial charge on any atom is -0.319 e. The number of aromatic amines is 1. The lowest BCUT2D eigenvalue weighted by Gasteiger charge is -2.10. The van der Waals surface area contributed by atoms with Crippen LogP contribution in [0.5, 0.6) is 0 Å². The maximum atomic E-state index is 13.5. The van der Waals surface area contributed by atoms with Crippen LogP contribution in [0.15, 0.2) is 47.4 Å². The Bertz CT molecular complexity index is 1490. The number of pyridine rings is 1. The van der Waals surface area contributed by atoms with Crippen molar-refractivity contribution >= 4 is 17.2 Å². The van der Waals surface area contributed by atoms with Crippen molar-refractivity contribution in [3.63, 3.8) is 0 Å². The molecule has 0 unspecified atom stereocenters. The van der Waals surface area contributed by atoms with Crippen LogP contribution in [0.25, 0.3) is 16.9 Å². The molecule has 10 heteroatoms. The third kappa shape index (κ3) is 3.28. The number of carbonyl (C=O) groups is 1. The van der Waals surface area contributed by atoms with Crippen LogP contribution in [0.1, 0.15) is 27.4 Å². The number of benzene rings is 1. The van der Waals surface area contributed by atoms with E-state index in [0.717, 1.165) is 12.3 Å². The number of aromatic nitrogens is 4. The molecule has 1 amide bonds. The smallest absolute Gasteiger partial charge is 0.261 e. The van der Waals surface area contributed by atoms with Crippen LogP contribution in [0.3, 0.4) is 0 Å². The molecule has 1 aromatic carbocycles. The van der Waals surface area contributed by atoms with Crippen LogP contribution in [-0.2, 0) is 0 Å². The van der Waals surface area contributed by atoms with E-state index in [4.69, 9.17) is 5.26 Å². The van der Waals surface area contributed by atoms with Crippen LogP contribution in [0.4, 0.5) is 10.1 Å². The number of aryl methyl sites for hydroxylation is 1. The maximum absolute atomic E-state index is 13.5. The van der Waals surface area contributed by atoms with E-state index in [2.05, 4.69) is 20.4 Å². The number of hydrogen-bond acceptors (Lipinski definition) is 6. The van der Waals surface area contributed by atoms with E-state index in [1.165, 1.54) is 11.4 Å². The highest BCUT2D eigenvalue weighted by atomic mass is 19.1. The van der Waals surface area contributed by atoms with Gasteiger partial charge in [0.1, 0.15) is 29.2 Å². The molecular formula is C21H12FN7O2. The lowest BCUT2D eigenvalue weighted by atomic mass is 10.1. The molecule has 4 rings (SSSR count). The molecule has 0 saturated heterocycles. The van der Waals surface area contributed by atoms with Crippen molar-refractivity contribution in [2.24, 2.45) is 0 Å². The van der Waals surface area contributed by atoms with Gasteiger partial charge < -0.3 is 5.32 Å². The summed E-state index contributed by atoms with van der Waals surface area (Å²) in [6.45, 7) is 1.51. The van der Waals surface area contributed by atoms with Gasteiger partial charge in [-0.15, -0.1) is 0 Å². The molecular weight excluding hydrogens is 401 g/mol. The van der Waals surface area contributed by atoms with E-state index in [0.29, 0.717) is 11.3 Å². The topological polar surface area (TPSA) is 140 Å². The SMILES string of the molecule is Cc1[nH]n2c(-c3ccccc3)c(C#N)nc2c(=O)c1C(=O)Nc1cc(F)cnc1C#N. The highest BCUT2D eigenvalue weighted by Crippen LogP contribution is 2.24. The van der Waals surface area contributed by atoms with Crippen LogP contribution in [0.2, 0.25) is 0 Å². The predicted molar refractivity (Wildman–Crippen MR) is 108 cm³/mol. The Balaban J connectivity index is 1.87. The predicted octanol–water partition coefficient (Wildman–Crippen LogP) is 2.53. The molecule has 9 nitrogen and oxygen atoms in total. The van der Waals surface area contributed by atoms with Crippen LogP contribution >= 0.6 is 0 Å². The monoisotopic (exact) mass is 413 g/mol. The standard InChI is InChI=1S/C21H12FN7O2/c1-11-17(21(31)27-14-7-13(22)10-25-15(14)8-23)19(30)20-26-16(9-24)18(29(20)28-11)12-5-3-2-4-6-12/h2-7,10,28H,1H3,(H,27,31). The number of nitrogens with one attached hydrogen (secondary N) is 2. The molecule has 0 aliphatic rings. The number of rotatable bonds is 3. The molecule has 4 aromatic rings.